The Morgan fingerprint density at radius 3 is 2.04 bits per heavy atom. The lowest BCUT2D eigenvalue weighted by Crippen LogP contribution is -2.38. The van der Waals surface area contributed by atoms with Crippen LogP contribution in [0.25, 0.3) is 0 Å². The van der Waals surface area contributed by atoms with Crippen LogP contribution in [0.15, 0.2) is 30.4 Å². The molecule has 2 unspecified atom stereocenters. The van der Waals surface area contributed by atoms with E-state index in [1.165, 1.54) is 0 Å². The Labute approximate surface area is 148 Å². The summed E-state index contributed by atoms with van der Waals surface area (Å²) < 4.78 is 78.3. The third-order valence-electron chi connectivity index (χ3n) is 4.87. The summed E-state index contributed by atoms with van der Waals surface area (Å²) in [5.41, 5.74) is -3.48. The summed E-state index contributed by atoms with van der Waals surface area (Å²) in [4.78, 5) is 15.1. The van der Waals surface area contributed by atoms with Gasteiger partial charge in [-0.2, -0.15) is 26.3 Å². The summed E-state index contributed by atoms with van der Waals surface area (Å²) in [6.45, 7) is 0. The SMILES string of the molecule is O=C1[C@H]2C3C=CC(C3)N2C(=S)N1c1cc(C(F)(F)F)cc(C(F)(F)F)c1. The third kappa shape index (κ3) is 2.42. The molecule has 0 aromatic heterocycles. The molecule has 0 spiro atoms. The summed E-state index contributed by atoms with van der Waals surface area (Å²) in [5.74, 6) is -0.734. The van der Waals surface area contributed by atoms with E-state index in [1.54, 1.807) is 4.90 Å². The number of alkyl halides is 6. The second kappa shape index (κ2) is 5.21. The second-order valence-corrected chi connectivity index (χ2v) is 6.79. The van der Waals surface area contributed by atoms with Crippen molar-refractivity contribution in [2.45, 2.75) is 30.9 Å². The zero-order valence-electron chi connectivity index (χ0n) is 12.8. The molecule has 1 amide bonds. The Hall–Kier alpha value is -2.10. The average molecular weight is 392 g/mol. The molecule has 4 rings (SSSR count). The summed E-state index contributed by atoms with van der Waals surface area (Å²) in [6, 6.07) is 0.258. The zero-order chi connectivity index (χ0) is 19.0. The Morgan fingerprint density at radius 1 is 0.962 bits per heavy atom. The van der Waals surface area contributed by atoms with Crippen LogP contribution in [0, 0.1) is 5.92 Å². The van der Waals surface area contributed by atoms with Crippen LogP contribution in [0.5, 0.6) is 0 Å². The van der Waals surface area contributed by atoms with Gasteiger partial charge in [-0.05, 0) is 36.8 Å². The number of anilines is 1. The first-order valence-corrected chi connectivity index (χ1v) is 8.03. The molecule has 2 heterocycles. The number of amides is 1. The normalized spacial score (nSPS) is 27.7. The number of carbonyl (C=O) groups excluding carboxylic acids is 1. The van der Waals surface area contributed by atoms with Crippen LogP contribution < -0.4 is 4.90 Å². The number of carbonyl (C=O) groups is 1. The van der Waals surface area contributed by atoms with Crippen LogP contribution in [0.4, 0.5) is 32.0 Å². The maximum Gasteiger partial charge on any atom is 0.416 e. The highest BCUT2D eigenvalue weighted by molar-refractivity contribution is 7.80. The van der Waals surface area contributed by atoms with Gasteiger partial charge < -0.3 is 4.90 Å². The molecule has 2 aliphatic heterocycles. The van der Waals surface area contributed by atoms with E-state index in [0.29, 0.717) is 18.6 Å². The minimum atomic E-state index is -4.99. The van der Waals surface area contributed by atoms with Crippen molar-refractivity contribution in [2.75, 3.05) is 4.90 Å². The molecule has 3 nitrogen and oxygen atoms in total. The van der Waals surface area contributed by atoms with E-state index in [4.69, 9.17) is 12.2 Å². The number of hydrogen-bond acceptors (Lipinski definition) is 2. The van der Waals surface area contributed by atoms with E-state index >= 15 is 0 Å². The monoisotopic (exact) mass is 392 g/mol. The van der Waals surface area contributed by atoms with Gasteiger partial charge in [0.25, 0.3) is 5.91 Å². The van der Waals surface area contributed by atoms with Gasteiger partial charge in [0.1, 0.15) is 6.04 Å². The fraction of sp³-hybridized carbons (Fsp3) is 0.375. The van der Waals surface area contributed by atoms with Crippen LogP contribution in [0.1, 0.15) is 17.5 Å². The second-order valence-electron chi connectivity index (χ2n) is 6.42. The van der Waals surface area contributed by atoms with E-state index in [2.05, 4.69) is 0 Å². The Bertz CT molecular complexity index is 784. The highest BCUT2D eigenvalue weighted by Crippen LogP contribution is 2.45. The van der Waals surface area contributed by atoms with Crippen LogP contribution >= 0.6 is 12.2 Å². The molecule has 0 N–H and O–H groups in total. The predicted octanol–water partition coefficient (Wildman–Crippen LogP) is 3.98. The van der Waals surface area contributed by atoms with E-state index in [0.717, 1.165) is 4.90 Å². The van der Waals surface area contributed by atoms with Crippen LogP contribution in [0.2, 0.25) is 0 Å². The molecule has 138 valence electrons. The van der Waals surface area contributed by atoms with Crippen molar-refractivity contribution >= 4 is 28.9 Å². The maximum absolute atomic E-state index is 13.1. The molecule has 3 aliphatic rings. The minimum absolute atomic E-state index is 0.0272. The molecular formula is C16H10F6N2OS. The Balaban J connectivity index is 1.81. The number of nitrogens with zero attached hydrogens (tertiary/aromatic N) is 2. The standard InChI is InChI=1S/C16H10F6N2OS/c17-15(18,19)8-4-9(16(20,21)22)6-11(5-8)24-13(25)12-7-1-2-10(3-7)23(12)14(24)26/h1-2,4-7,10,12H,3H2/t7?,10?,12-/m1/s1. The number of rotatable bonds is 1. The van der Waals surface area contributed by atoms with Gasteiger partial charge in [-0.15, -0.1) is 0 Å². The van der Waals surface area contributed by atoms with E-state index < -0.39 is 41.1 Å². The van der Waals surface area contributed by atoms with E-state index in [1.807, 2.05) is 12.2 Å². The van der Waals surface area contributed by atoms with Gasteiger partial charge in [-0.1, -0.05) is 12.2 Å². The molecule has 2 bridgehead atoms. The molecule has 1 aromatic carbocycles. The van der Waals surface area contributed by atoms with Crippen molar-refractivity contribution in [3.05, 3.63) is 41.5 Å². The lowest BCUT2D eigenvalue weighted by molar-refractivity contribution is -0.143. The number of thiocarbonyl (C=S) groups is 1. The summed E-state index contributed by atoms with van der Waals surface area (Å²) in [5, 5.41) is -0.0655. The van der Waals surface area contributed by atoms with Gasteiger partial charge in [0.2, 0.25) is 0 Å². The Morgan fingerprint density at radius 2 is 1.54 bits per heavy atom. The Kier molecular flexibility index (Phi) is 3.47. The lowest BCUT2D eigenvalue weighted by atomic mass is 10.0. The summed E-state index contributed by atoms with van der Waals surface area (Å²) in [7, 11) is 0. The molecule has 2 saturated heterocycles. The fourth-order valence-corrected chi connectivity index (χ4v) is 4.21. The fourth-order valence-electron chi connectivity index (χ4n) is 3.77. The summed E-state index contributed by atoms with van der Waals surface area (Å²) in [6.07, 6.45) is -5.63. The first kappa shape index (κ1) is 17.3. The molecule has 10 heteroatoms. The molecular weight excluding hydrogens is 382 g/mol. The van der Waals surface area contributed by atoms with Crippen molar-refractivity contribution in [3.63, 3.8) is 0 Å². The molecule has 1 aromatic rings. The van der Waals surface area contributed by atoms with Gasteiger partial charge in [-0.3, -0.25) is 9.69 Å². The number of fused-ring (bicyclic) bond motifs is 5. The smallest absolute Gasteiger partial charge is 0.329 e. The third-order valence-corrected chi connectivity index (χ3v) is 5.27. The van der Waals surface area contributed by atoms with Crippen LogP contribution in [0.3, 0.4) is 0 Å². The van der Waals surface area contributed by atoms with Crippen molar-refractivity contribution in [1.29, 1.82) is 0 Å². The number of benzene rings is 1. The first-order chi connectivity index (χ1) is 12.0. The molecule has 26 heavy (non-hydrogen) atoms. The van der Waals surface area contributed by atoms with Crippen molar-refractivity contribution in [3.8, 4) is 0 Å². The summed E-state index contributed by atoms with van der Waals surface area (Å²) >= 11 is 5.21. The lowest BCUT2D eigenvalue weighted by Gasteiger charge is -2.25. The molecule has 2 fully saturated rings. The minimum Gasteiger partial charge on any atom is -0.329 e. The van der Waals surface area contributed by atoms with Gasteiger partial charge in [-0.25, -0.2) is 0 Å². The van der Waals surface area contributed by atoms with E-state index in [-0.39, 0.29) is 23.1 Å². The van der Waals surface area contributed by atoms with Gasteiger partial charge >= 0.3 is 12.4 Å². The van der Waals surface area contributed by atoms with Gasteiger partial charge in [0.15, 0.2) is 5.11 Å². The van der Waals surface area contributed by atoms with Crippen molar-refractivity contribution in [2.24, 2.45) is 5.92 Å². The highest BCUT2D eigenvalue weighted by Gasteiger charge is 2.55. The van der Waals surface area contributed by atoms with Crippen LogP contribution in [-0.2, 0) is 17.1 Å². The molecule has 1 aliphatic carbocycles. The number of halogens is 6. The zero-order valence-corrected chi connectivity index (χ0v) is 13.6. The largest absolute Gasteiger partial charge is 0.416 e. The van der Waals surface area contributed by atoms with Gasteiger partial charge in [0.05, 0.1) is 22.9 Å². The van der Waals surface area contributed by atoms with Crippen molar-refractivity contribution in [1.82, 2.24) is 4.90 Å². The topological polar surface area (TPSA) is 23.6 Å². The first-order valence-electron chi connectivity index (χ1n) is 7.62. The van der Waals surface area contributed by atoms with Gasteiger partial charge in [0, 0.05) is 5.92 Å². The predicted molar refractivity (Wildman–Crippen MR) is 83.2 cm³/mol. The maximum atomic E-state index is 13.1. The average Bonchev–Trinajstić information content (AvgIpc) is 3.19. The molecule has 0 saturated carbocycles. The highest BCUT2D eigenvalue weighted by atomic mass is 32.1. The van der Waals surface area contributed by atoms with E-state index in [9.17, 15) is 31.1 Å². The van der Waals surface area contributed by atoms with Crippen LogP contribution in [-0.4, -0.2) is 28.0 Å². The molecule has 3 atom stereocenters. The quantitative estimate of drug-likeness (QED) is 0.410. The number of hydrogen-bond donors (Lipinski definition) is 0. The molecule has 0 radical (unpaired) electrons. The van der Waals surface area contributed by atoms with Crippen molar-refractivity contribution < 1.29 is 31.1 Å².